The molecule has 0 aromatic carbocycles. The van der Waals surface area contributed by atoms with Gasteiger partial charge in [-0.05, 0) is 50.2 Å². The summed E-state index contributed by atoms with van der Waals surface area (Å²) in [5, 5.41) is 12.5. The number of nitrogens with zero attached hydrogens (tertiary/aromatic N) is 1. The maximum absolute atomic E-state index is 10.7. The third-order valence-electron chi connectivity index (χ3n) is 4.14. The molecule has 2 saturated heterocycles. The summed E-state index contributed by atoms with van der Waals surface area (Å²) < 4.78 is 0. The van der Waals surface area contributed by atoms with E-state index >= 15 is 0 Å². The van der Waals surface area contributed by atoms with Crippen LogP contribution in [0.1, 0.15) is 41.7 Å². The first-order chi connectivity index (χ1) is 8.70. The number of nitrogens with one attached hydrogen (secondary N) is 1. The number of hydrogen-bond donors (Lipinski definition) is 2. The standard InChI is InChI=1S/C14H18N2O2/c17-14(18)10-1-2-11(15-8-10)5-9-6-12-3-4-13(7-9)16-12/h1-2,8-9,12-13,16H,3-7H2,(H,17,18)/t12-,13-/m0/s1. The Morgan fingerprint density at radius 3 is 2.61 bits per heavy atom. The minimum atomic E-state index is -0.908. The topological polar surface area (TPSA) is 62.2 Å². The van der Waals surface area contributed by atoms with Crippen molar-refractivity contribution >= 4 is 5.97 Å². The molecule has 1 aromatic heterocycles. The van der Waals surface area contributed by atoms with Crippen LogP contribution in [-0.4, -0.2) is 28.1 Å². The number of rotatable bonds is 3. The SMILES string of the molecule is O=C(O)c1ccc(CC2C[C@@H]3CC[C@@H](C2)N3)nc1. The molecule has 0 spiro atoms. The quantitative estimate of drug-likeness (QED) is 0.854. The third-order valence-corrected chi connectivity index (χ3v) is 4.14. The molecule has 2 atom stereocenters. The minimum Gasteiger partial charge on any atom is -0.478 e. The van der Waals surface area contributed by atoms with Crippen LogP contribution in [0.2, 0.25) is 0 Å². The first-order valence-electron chi connectivity index (χ1n) is 6.65. The van der Waals surface area contributed by atoms with E-state index in [2.05, 4.69) is 10.3 Å². The van der Waals surface area contributed by atoms with Gasteiger partial charge >= 0.3 is 5.97 Å². The molecule has 3 rings (SSSR count). The monoisotopic (exact) mass is 246 g/mol. The molecule has 2 bridgehead atoms. The Balaban J connectivity index is 1.64. The Bertz CT molecular complexity index is 432. The second kappa shape index (κ2) is 4.69. The minimum absolute atomic E-state index is 0.268. The summed E-state index contributed by atoms with van der Waals surface area (Å²) in [5.41, 5.74) is 1.29. The number of aromatic nitrogens is 1. The molecule has 2 fully saturated rings. The van der Waals surface area contributed by atoms with E-state index in [1.807, 2.05) is 6.07 Å². The van der Waals surface area contributed by atoms with E-state index in [0.29, 0.717) is 18.0 Å². The fourth-order valence-corrected chi connectivity index (χ4v) is 3.31. The molecule has 4 heteroatoms. The predicted octanol–water partition coefficient (Wildman–Crippen LogP) is 1.85. The highest BCUT2D eigenvalue weighted by Gasteiger charge is 2.33. The molecule has 2 N–H and O–H groups in total. The highest BCUT2D eigenvalue weighted by atomic mass is 16.4. The number of aromatic carboxylic acids is 1. The smallest absolute Gasteiger partial charge is 0.337 e. The van der Waals surface area contributed by atoms with Gasteiger partial charge in [0.15, 0.2) is 0 Å². The van der Waals surface area contributed by atoms with Crippen LogP contribution in [0.4, 0.5) is 0 Å². The second-order valence-electron chi connectivity index (χ2n) is 5.52. The molecular formula is C14H18N2O2. The highest BCUT2D eigenvalue weighted by molar-refractivity contribution is 5.87. The van der Waals surface area contributed by atoms with Gasteiger partial charge in [-0.25, -0.2) is 4.79 Å². The van der Waals surface area contributed by atoms with Gasteiger partial charge in [-0.15, -0.1) is 0 Å². The number of fused-ring (bicyclic) bond motifs is 2. The van der Waals surface area contributed by atoms with Crippen molar-refractivity contribution in [2.75, 3.05) is 0 Å². The Kier molecular flexibility index (Phi) is 3.04. The van der Waals surface area contributed by atoms with Crippen molar-refractivity contribution in [3.05, 3.63) is 29.6 Å². The van der Waals surface area contributed by atoms with Gasteiger partial charge in [-0.2, -0.15) is 0 Å². The maximum Gasteiger partial charge on any atom is 0.337 e. The fourth-order valence-electron chi connectivity index (χ4n) is 3.31. The van der Waals surface area contributed by atoms with Crippen molar-refractivity contribution in [2.24, 2.45) is 5.92 Å². The van der Waals surface area contributed by atoms with Crippen molar-refractivity contribution in [3.8, 4) is 0 Å². The Morgan fingerprint density at radius 2 is 2.06 bits per heavy atom. The highest BCUT2D eigenvalue weighted by Crippen LogP contribution is 2.32. The van der Waals surface area contributed by atoms with Crippen LogP contribution in [0.15, 0.2) is 18.3 Å². The molecule has 0 unspecified atom stereocenters. The second-order valence-corrected chi connectivity index (χ2v) is 5.52. The van der Waals surface area contributed by atoms with Crippen LogP contribution >= 0.6 is 0 Å². The summed E-state index contributed by atoms with van der Waals surface area (Å²) >= 11 is 0. The van der Waals surface area contributed by atoms with Crippen LogP contribution < -0.4 is 5.32 Å². The van der Waals surface area contributed by atoms with Crippen molar-refractivity contribution in [3.63, 3.8) is 0 Å². The van der Waals surface area contributed by atoms with Crippen LogP contribution in [-0.2, 0) is 6.42 Å². The molecular weight excluding hydrogens is 228 g/mol. The van der Waals surface area contributed by atoms with Gasteiger partial charge in [-0.1, -0.05) is 0 Å². The van der Waals surface area contributed by atoms with E-state index in [9.17, 15) is 4.79 Å². The van der Waals surface area contributed by atoms with E-state index in [1.165, 1.54) is 31.9 Å². The maximum atomic E-state index is 10.7. The average Bonchev–Trinajstić information content (AvgIpc) is 2.69. The molecule has 96 valence electrons. The number of hydrogen-bond acceptors (Lipinski definition) is 3. The molecule has 0 radical (unpaired) electrons. The van der Waals surface area contributed by atoms with E-state index < -0.39 is 5.97 Å². The summed E-state index contributed by atoms with van der Waals surface area (Å²) in [5.74, 6) is -0.208. The number of carbonyl (C=O) groups is 1. The normalized spacial score (nSPS) is 30.3. The zero-order valence-corrected chi connectivity index (χ0v) is 10.3. The van der Waals surface area contributed by atoms with Crippen molar-refractivity contribution in [2.45, 2.75) is 44.2 Å². The van der Waals surface area contributed by atoms with E-state index in [4.69, 9.17) is 5.11 Å². The zero-order valence-electron chi connectivity index (χ0n) is 10.3. The summed E-state index contributed by atoms with van der Waals surface area (Å²) in [6.07, 6.45) is 7.54. The first kappa shape index (κ1) is 11.7. The lowest BCUT2D eigenvalue weighted by atomic mass is 9.88. The zero-order chi connectivity index (χ0) is 12.5. The molecule has 18 heavy (non-hydrogen) atoms. The van der Waals surface area contributed by atoms with Gasteiger partial charge in [0.05, 0.1) is 5.56 Å². The average molecular weight is 246 g/mol. The van der Waals surface area contributed by atoms with Gasteiger partial charge in [-0.3, -0.25) is 4.98 Å². The fraction of sp³-hybridized carbons (Fsp3) is 0.571. The van der Waals surface area contributed by atoms with Crippen LogP contribution in [0.5, 0.6) is 0 Å². The van der Waals surface area contributed by atoms with Gasteiger partial charge in [0.2, 0.25) is 0 Å². The molecule has 0 saturated carbocycles. The summed E-state index contributed by atoms with van der Waals surface area (Å²) in [6.45, 7) is 0. The molecule has 2 aliphatic rings. The van der Waals surface area contributed by atoms with Crippen LogP contribution in [0.3, 0.4) is 0 Å². The lowest BCUT2D eigenvalue weighted by Crippen LogP contribution is -2.38. The lowest BCUT2D eigenvalue weighted by molar-refractivity contribution is 0.0696. The van der Waals surface area contributed by atoms with Gasteiger partial charge in [0, 0.05) is 24.0 Å². The Morgan fingerprint density at radius 1 is 1.33 bits per heavy atom. The molecule has 0 amide bonds. The van der Waals surface area contributed by atoms with Crippen LogP contribution in [0.25, 0.3) is 0 Å². The molecule has 4 nitrogen and oxygen atoms in total. The summed E-state index contributed by atoms with van der Waals surface area (Å²) in [7, 11) is 0. The first-order valence-corrected chi connectivity index (χ1v) is 6.65. The van der Waals surface area contributed by atoms with E-state index in [1.54, 1.807) is 6.07 Å². The van der Waals surface area contributed by atoms with Gasteiger partial charge in [0.1, 0.15) is 0 Å². The Labute approximate surface area is 106 Å². The summed E-state index contributed by atoms with van der Waals surface area (Å²) in [4.78, 5) is 15.0. The lowest BCUT2D eigenvalue weighted by Gasteiger charge is -2.28. The van der Waals surface area contributed by atoms with Crippen molar-refractivity contribution < 1.29 is 9.90 Å². The van der Waals surface area contributed by atoms with Crippen LogP contribution in [0, 0.1) is 5.92 Å². The number of pyridine rings is 1. The van der Waals surface area contributed by atoms with Gasteiger partial charge in [0.25, 0.3) is 0 Å². The summed E-state index contributed by atoms with van der Waals surface area (Å²) in [6, 6.07) is 4.91. The van der Waals surface area contributed by atoms with Gasteiger partial charge < -0.3 is 10.4 Å². The number of piperidine rings is 1. The number of carboxylic acid groups (broad SMARTS) is 1. The molecule has 3 heterocycles. The van der Waals surface area contributed by atoms with E-state index in [-0.39, 0.29) is 5.56 Å². The molecule has 2 aliphatic heterocycles. The Hall–Kier alpha value is -1.42. The predicted molar refractivity (Wildman–Crippen MR) is 67.6 cm³/mol. The van der Waals surface area contributed by atoms with E-state index in [0.717, 1.165) is 12.1 Å². The number of carboxylic acids is 1. The van der Waals surface area contributed by atoms with Crippen molar-refractivity contribution in [1.82, 2.24) is 10.3 Å². The van der Waals surface area contributed by atoms with Crippen molar-refractivity contribution in [1.29, 1.82) is 0 Å². The largest absolute Gasteiger partial charge is 0.478 e. The third kappa shape index (κ3) is 2.38. The molecule has 1 aromatic rings. The molecule has 0 aliphatic carbocycles.